The van der Waals surface area contributed by atoms with Crippen molar-refractivity contribution in [3.05, 3.63) is 70.6 Å². The van der Waals surface area contributed by atoms with Gasteiger partial charge in [0.05, 0.1) is 5.69 Å². The quantitative estimate of drug-likeness (QED) is 0.544. The van der Waals surface area contributed by atoms with Gasteiger partial charge in [-0.3, -0.25) is 14.5 Å². The zero-order chi connectivity index (χ0) is 22.0. The maximum Gasteiger partial charge on any atom is 0.325 e. The largest absolute Gasteiger partial charge is 0.325 e. The van der Waals surface area contributed by atoms with Gasteiger partial charge < -0.3 is 10.6 Å². The van der Waals surface area contributed by atoms with E-state index in [4.69, 9.17) is 11.6 Å². The summed E-state index contributed by atoms with van der Waals surface area (Å²) in [7, 11) is 0. The van der Waals surface area contributed by atoms with Crippen LogP contribution in [0.1, 0.15) is 18.9 Å². The molecule has 1 aliphatic rings. The lowest BCUT2D eigenvalue weighted by atomic mass is 9.87. The molecule has 2 aromatic carbocycles. The lowest BCUT2D eigenvalue weighted by Gasteiger charge is -2.25. The van der Waals surface area contributed by atoms with E-state index in [2.05, 4.69) is 15.6 Å². The molecule has 0 saturated carbocycles. The number of hydrogen-bond donors (Lipinski definition) is 2. The predicted octanol–water partition coefficient (Wildman–Crippen LogP) is 4.26. The van der Waals surface area contributed by atoms with Crippen molar-refractivity contribution in [2.75, 3.05) is 11.9 Å². The monoisotopic (exact) mass is 454 g/mol. The highest BCUT2D eigenvalue weighted by Gasteiger charge is 2.51. The molecule has 4 rings (SSSR count). The van der Waals surface area contributed by atoms with E-state index in [1.807, 2.05) is 31.2 Å². The van der Waals surface area contributed by atoms with Gasteiger partial charge >= 0.3 is 6.03 Å². The normalized spacial score (nSPS) is 18.2. The molecule has 1 atom stereocenters. The zero-order valence-corrected chi connectivity index (χ0v) is 18.2. The number of carbonyl (C=O) groups is 3. The summed E-state index contributed by atoms with van der Waals surface area (Å²) in [6.07, 6.45) is 0.368. The van der Waals surface area contributed by atoms with Crippen LogP contribution < -0.4 is 10.6 Å². The first-order valence-electron chi connectivity index (χ1n) is 9.64. The Kier molecular flexibility index (Phi) is 5.75. The van der Waals surface area contributed by atoms with Gasteiger partial charge in [-0.15, -0.1) is 11.3 Å². The summed E-state index contributed by atoms with van der Waals surface area (Å²) in [4.78, 5) is 43.5. The van der Waals surface area contributed by atoms with Crippen molar-refractivity contribution in [3.8, 4) is 11.3 Å². The lowest BCUT2D eigenvalue weighted by Crippen LogP contribution is -2.44. The second-order valence-electron chi connectivity index (χ2n) is 7.01. The number of amides is 4. The standard InChI is InChI=1S/C22H19ClN4O3S/c1-2-22(14-8-4-3-5-9-14)19(29)27(21(30)26-22)12-18(28)25-20-24-17(13-31-20)15-10-6-7-11-16(15)23/h3-11,13H,2,12H2,1H3,(H,26,30)(H,24,25,28). The number of benzene rings is 2. The number of halogens is 1. The second-order valence-corrected chi connectivity index (χ2v) is 8.28. The van der Waals surface area contributed by atoms with Crippen LogP contribution in [0.2, 0.25) is 5.02 Å². The van der Waals surface area contributed by atoms with Crippen molar-refractivity contribution < 1.29 is 14.4 Å². The second kappa shape index (κ2) is 8.49. The minimum atomic E-state index is -1.17. The summed E-state index contributed by atoms with van der Waals surface area (Å²) < 4.78 is 0. The number of thiazole rings is 1. The summed E-state index contributed by atoms with van der Waals surface area (Å²) in [6, 6.07) is 15.7. The average molecular weight is 455 g/mol. The lowest BCUT2D eigenvalue weighted by molar-refractivity contribution is -0.134. The Morgan fingerprint density at radius 2 is 1.87 bits per heavy atom. The van der Waals surface area contributed by atoms with Crippen molar-refractivity contribution in [2.24, 2.45) is 0 Å². The number of rotatable bonds is 6. The third kappa shape index (κ3) is 3.92. The highest BCUT2D eigenvalue weighted by atomic mass is 35.5. The van der Waals surface area contributed by atoms with E-state index in [0.717, 1.165) is 10.5 Å². The summed E-state index contributed by atoms with van der Waals surface area (Å²) in [5.41, 5.74) is 0.903. The van der Waals surface area contributed by atoms with Gasteiger partial charge in [-0.05, 0) is 18.1 Å². The van der Waals surface area contributed by atoms with Crippen molar-refractivity contribution in [2.45, 2.75) is 18.9 Å². The molecule has 1 saturated heterocycles. The van der Waals surface area contributed by atoms with Crippen LogP contribution >= 0.6 is 22.9 Å². The van der Waals surface area contributed by atoms with Gasteiger partial charge in [0.15, 0.2) is 5.13 Å². The molecule has 2 heterocycles. The molecule has 1 unspecified atom stereocenters. The molecule has 0 bridgehead atoms. The number of urea groups is 1. The highest BCUT2D eigenvalue weighted by molar-refractivity contribution is 7.14. The van der Waals surface area contributed by atoms with Crippen LogP contribution in [0.5, 0.6) is 0 Å². The van der Waals surface area contributed by atoms with Crippen LogP contribution in [0.3, 0.4) is 0 Å². The Balaban J connectivity index is 1.47. The van der Waals surface area contributed by atoms with E-state index < -0.39 is 29.9 Å². The Labute approximate surface area is 188 Å². The maximum atomic E-state index is 13.1. The molecule has 0 spiro atoms. The molecular formula is C22H19ClN4O3S. The van der Waals surface area contributed by atoms with E-state index in [0.29, 0.717) is 27.8 Å². The minimum absolute atomic E-state index is 0.358. The molecule has 7 nitrogen and oxygen atoms in total. The number of carbonyl (C=O) groups excluding carboxylic acids is 3. The van der Waals surface area contributed by atoms with Gasteiger partial charge in [-0.2, -0.15) is 0 Å². The highest BCUT2D eigenvalue weighted by Crippen LogP contribution is 2.33. The van der Waals surface area contributed by atoms with E-state index in [1.54, 1.807) is 35.7 Å². The Hall–Kier alpha value is -3.23. The SMILES string of the molecule is CCC1(c2ccccc2)NC(=O)N(CC(=O)Nc2nc(-c3ccccc3Cl)cs2)C1=O. The third-order valence-electron chi connectivity index (χ3n) is 5.17. The maximum absolute atomic E-state index is 13.1. The summed E-state index contributed by atoms with van der Waals surface area (Å²) in [5.74, 6) is -0.958. The first-order valence-corrected chi connectivity index (χ1v) is 10.9. The molecule has 0 aliphatic carbocycles. The Morgan fingerprint density at radius 1 is 1.16 bits per heavy atom. The number of hydrogen-bond acceptors (Lipinski definition) is 5. The molecule has 4 amide bonds. The summed E-state index contributed by atoms with van der Waals surface area (Å²) in [6.45, 7) is 1.42. The molecule has 2 N–H and O–H groups in total. The minimum Gasteiger partial charge on any atom is -0.319 e. The summed E-state index contributed by atoms with van der Waals surface area (Å²) >= 11 is 7.44. The van der Waals surface area contributed by atoms with Gasteiger partial charge in [-0.25, -0.2) is 9.78 Å². The van der Waals surface area contributed by atoms with E-state index in [-0.39, 0.29) is 0 Å². The zero-order valence-electron chi connectivity index (χ0n) is 16.6. The van der Waals surface area contributed by atoms with Gasteiger partial charge in [0.25, 0.3) is 5.91 Å². The van der Waals surface area contributed by atoms with E-state index in [9.17, 15) is 14.4 Å². The molecule has 1 aliphatic heterocycles. The fraction of sp³-hybridized carbons (Fsp3) is 0.182. The number of nitrogens with zero attached hydrogens (tertiary/aromatic N) is 2. The molecule has 1 fully saturated rings. The molecule has 3 aromatic rings. The van der Waals surface area contributed by atoms with Crippen LogP contribution in [-0.2, 0) is 15.1 Å². The fourth-order valence-electron chi connectivity index (χ4n) is 3.56. The van der Waals surface area contributed by atoms with Crippen molar-refractivity contribution >= 4 is 45.9 Å². The Bertz CT molecular complexity index is 1150. The van der Waals surface area contributed by atoms with E-state index in [1.165, 1.54) is 11.3 Å². The van der Waals surface area contributed by atoms with Crippen molar-refractivity contribution in [1.29, 1.82) is 0 Å². The molecular weight excluding hydrogens is 436 g/mol. The summed E-state index contributed by atoms with van der Waals surface area (Å²) in [5, 5.41) is 8.12. The van der Waals surface area contributed by atoms with Gasteiger partial charge in [-0.1, -0.05) is 67.1 Å². The van der Waals surface area contributed by atoms with Crippen molar-refractivity contribution in [3.63, 3.8) is 0 Å². The molecule has 1 aromatic heterocycles. The van der Waals surface area contributed by atoms with Crippen LogP contribution in [0.15, 0.2) is 60.0 Å². The number of aromatic nitrogens is 1. The number of nitrogens with one attached hydrogen (secondary N) is 2. The van der Waals surface area contributed by atoms with Crippen molar-refractivity contribution in [1.82, 2.24) is 15.2 Å². The van der Waals surface area contributed by atoms with Gasteiger partial charge in [0.1, 0.15) is 12.1 Å². The first kappa shape index (κ1) is 21.0. The molecule has 0 radical (unpaired) electrons. The third-order valence-corrected chi connectivity index (χ3v) is 6.26. The van der Waals surface area contributed by atoms with Crippen LogP contribution in [0.25, 0.3) is 11.3 Å². The van der Waals surface area contributed by atoms with E-state index >= 15 is 0 Å². The topological polar surface area (TPSA) is 91.4 Å². The number of anilines is 1. The van der Waals surface area contributed by atoms with Gasteiger partial charge in [0.2, 0.25) is 5.91 Å². The predicted molar refractivity (Wildman–Crippen MR) is 120 cm³/mol. The molecule has 158 valence electrons. The van der Waals surface area contributed by atoms with Crippen LogP contribution in [-0.4, -0.2) is 34.3 Å². The smallest absolute Gasteiger partial charge is 0.319 e. The molecule has 9 heteroatoms. The van der Waals surface area contributed by atoms with Crippen LogP contribution in [0.4, 0.5) is 9.93 Å². The molecule has 31 heavy (non-hydrogen) atoms. The fourth-order valence-corrected chi connectivity index (χ4v) is 4.52. The first-order chi connectivity index (χ1) is 14.9. The Morgan fingerprint density at radius 3 is 2.58 bits per heavy atom. The van der Waals surface area contributed by atoms with Crippen LogP contribution in [0, 0.1) is 0 Å². The average Bonchev–Trinajstić information content (AvgIpc) is 3.33. The number of imide groups is 1. The van der Waals surface area contributed by atoms with Gasteiger partial charge in [0, 0.05) is 16.0 Å².